The average Bonchev–Trinajstić information content (AvgIpc) is 3.07. The zero-order valence-electron chi connectivity index (χ0n) is 14.4. The summed E-state index contributed by atoms with van der Waals surface area (Å²) in [6.07, 6.45) is -6.11. The summed E-state index contributed by atoms with van der Waals surface area (Å²) in [7, 11) is 1.90. The summed E-state index contributed by atoms with van der Waals surface area (Å²) < 4.78 is 51.1. The molecule has 2 atom stereocenters. The van der Waals surface area contributed by atoms with Crippen molar-refractivity contribution < 1.29 is 37.3 Å². The van der Waals surface area contributed by atoms with E-state index in [4.69, 9.17) is 0 Å². The molecule has 1 N–H and O–H groups in total. The first-order valence-corrected chi connectivity index (χ1v) is 8.37. The van der Waals surface area contributed by atoms with E-state index in [-0.39, 0.29) is 5.52 Å². The van der Waals surface area contributed by atoms with Gasteiger partial charge in [0.25, 0.3) is 0 Å². The van der Waals surface area contributed by atoms with Crippen LogP contribution in [0, 0.1) is 5.92 Å². The zero-order chi connectivity index (χ0) is 20.4. The number of fused-ring (bicyclic) bond motifs is 1. The van der Waals surface area contributed by atoms with E-state index >= 15 is 0 Å². The van der Waals surface area contributed by atoms with Crippen LogP contribution >= 0.6 is 11.3 Å². The van der Waals surface area contributed by atoms with Crippen LogP contribution in [-0.2, 0) is 24.7 Å². The molecule has 0 radical (unpaired) electrons. The molecular weight excluding hydrogens is 387 g/mol. The number of hydrogen-bond acceptors (Lipinski definition) is 7. The molecule has 0 fully saturated rings. The van der Waals surface area contributed by atoms with Gasteiger partial charge in [0.1, 0.15) is 10.9 Å². The van der Waals surface area contributed by atoms with Crippen molar-refractivity contribution in [1.82, 2.24) is 4.98 Å². The fourth-order valence-corrected chi connectivity index (χ4v) is 3.65. The molecule has 1 aromatic carbocycles. The number of methoxy groups -OCH3 is 2. The summed E-state index contributed by atoms with van der Waals surface area (Å²) in [5.74, 6) is -4.56. The highest BCUT2D eigenvalue weighted by atomic mass is 32.1. The highest BCUT2D eigenvalue weighted by Gasteiger charge is 2.64. The summed E-state index contributed by atoms with van der Waals surface area (Å²) in [6.45, 7) is 3.34. The number of alkyl halides is 3. The van der Waals surface area contributed by atoms with Gasteiger partial charge in [-0.15, -0.1) is 11.3 Å². The van der Waals surface area contributed by atoms with Crippen LogP contribution in [0.2, 0.25) is 0 Å². The highest BCUT2D eigenvalue weighted by Crippen LogP contribution is 2.49. The second-order valence-electron chi connectivity index (χ2n) is 5.63. The molecule has 0 saturated carbocycles. The van der Waals surface area contributed by atoms with Gasteiger partial charge in [0.15, 0.2) is 0 Å². The third-order valence-electron chi connectivity index (χ3n) is 3.97. The van der Waals surface area contributed by atoms with E-state index in [1.54, 1.807) is 12.1 Å². The first-order chi connectivity index (χ1) is 12.6. The number of nitrogens with zero attached hydrogens (tertiary/aromatic N) is 1. The van der Waals surface area contributed by atoms with Crippen LogP contribution in [0.5, 0.6) is 0 Å². The van der Waals surface area contributed by atoms with E-state index in [0.717, 1.165) is 14.2 Å². The monoisotopic (exact) mass is 403 g/mol. The number of para-hydroxylation sites is 1. The van der Waals surface area contributed by atoms with E-state index in [1.165, 1.54) is 12.1 Å². The molecule has 0 aliphatic carbocycles. The number of thiazole rings is 1. The quantitative estimate of drug-likeness (QED) is 0.590. The largest absolute Gasteiger partial charge is 0.469 e. The molecule has 2 unspecified atom stereocenters. The first-order valence-electron chi connectivity index (χ1n) is 7.55. The van der Waals surface area contributed by atoms with E-state index in [0.29, 0.717) is 16.0 Å². The maximum atomic E-state index is 14.0. The van der Waals surface area contributed by atoms with Gasteiger partial charge < -0.3 is 14.6 Å². The highest BCUT2D eigenvalue weighted by molar-refractivity contribution is 7.18. The van der Waals surface area contributed by atoms with E-state index < -0.39 is 46.6 Å². The van der Waals surface area contributed by atoms with Crippen molar-refractivity contribution in [1.29, 1.82) is 0 Å². The van der Waals surface area contributed by atoms with E-state index in [9.17, 15) is 27.9 Å². The number of ether oxygens (including phenoxy) is 2. The van der Waals surface area contributed by atoms with Crippen molar-refractivity contribution in [2.45, 2.75) is 18.2 Å². The smallest absolute Gasteiger partial charge is 0.424 e. The Labute approximate surface area is 156 Å². The number of esters is 2. The molecule has 6 nitrogen and oxygen atoms in total. The number of carbonyl (C=O) groups excluding carboxylic acids is 2. The molecule has 0 aliphatic rings. The SMILES string of the molecule is C=C(CC(C(=O)OC)C(O)(c1nc2ccccc2s1)C(F)(F)F)C(=O)OC. The number of hydrogen-bond donors (Lipinski definition) is 1. The van der Waals surface area contributed by atoms with Gasteiger partial charge in [-0.05, 0) is 18.6 Å². The topological polar surface area (TPSA) is 85.7 Å². The van der Waals surface area contributed by atoms with Gasteiger partial charge in [0.05, 0.1) is 24.4 Å². The van der Waals surface area contributed by atoms with Crippen molar-refractivity contribution in [2.75, 3.05) is 14.2 Å². The first kappa shape index (κ1) is 20.8. The fraction of sp³-hybridized carbons (Fsp3) is 0.353. The summed E-state index contributed by atoms with van der Waals surface area (Å²) in [6, 6.07) is 6.20. The average molecular weight is 403 g/mol. The molecule has 1 aromatic heterocycles. The Morgan fingerprint density at radius 2 is 1.89 bits per heavy atom. The molecule has 0 spiro atoms. The third kappa shape index (κ3) is 3.81. The van der Waals surface area contributed by atoms with Crippen LogP contribution in [0.25, 0.3) is 10.2 Å². The van der Waals surface area contributed by atoms with Gasteiger partial charge in [-0.2, -0.15) is 13.2 Å². The predicted octanol–water partition coefficient (Wildman–Crippen LogP) is 2.95. The molecule has 0 bridgehead atoms. The van der Waals surface area contributed by atoms with Gasteiger partial charge in [-0.3, -0.25) is 4.79 Å². The number of carbonyl (C=O) groups is 2. The van der Waals surface area contributed by atoms with E-state index in [2.05, 4.69) is 21.0 Å². The molecule has 0 amide bonds. The number of aromatic nitrogens is 1. The molecule has 2 rings (SSSR count). The Hall–Kier alpha value is -2.46. The van der Waals surface area contributed by atoms with Crippen molar-refractivity contribution in [3.05, 3.63) is 41.4 Å². The van der Waals surface area contributed by atoms with Crippen LogP contribution in [0.15, 0.2) is 36.4 Å². The number of aliphatic hydroxyl groups is 1. The molecule has 1 heterocycles. The lowest BCUT2D eigenvalue weighted by Gasteiger charge is -2.34. The summed E-state index contributed by atoms with van der Waals surface area (Å²) in [5.41, 5.74) is -3.87. The number of halogens is 3. The minimum Gasteiger partial charge on any atom is -0.469 e. The normalized spacial score (nSPS) is 15.0. The van der Waals surface area contributed by atoms with Gasteiger partial charge in [-0.25, -0.2) is 9.78 Å². The van der Waals surface area contributed by atoms with Crippen LogP contribution in [0.1, 0.15) is 11.4 Å². The minimum absolute atomic E-state index is 0.232. The summed E-state index contributed by atoms with van der Waals surface area (Å²) in [5, 5.41) is 9.98. The lowest BCUT2D eigenvalue weighted by molar-refractivity contribution is -0.286. The fourth-order valence-electron chi connectivity index (χ4n) is 2.52. The molecule has 10 heteroatoms. The molecule has 27 heavy (non-hydrogen) atoms. The van der Waals surface area contributed by atoms with Crippen LogP contribution in [0.3, 0.4) is 0 Å². The van der Waals surface area contributed by atoms with Crippen molar-refractivity contribution >= 4 is 33.5 Å². The van der Waals surface area contributed by atoms with Crippen LogP contribution in [-0.4, -0.2) is 42.4 Å². The minimum atomic E-state index is -5.28. The maximum Gasteiger partial charge on any atom is 0.424 e. The third-order valence-corrected chi connectivity index (χ3v) is 5.13. The van der Waals surface area contributed by atoms with Crippen LogP contribution < -0.4 is 0 Å². The maximum absolute atomic E-state index is 14.0. The Morgan fingerprint density at radius 3 is 2.41 bits per heavy atom. The lowest BCUT2D eigenvalue weighted by Crippen LogP contribution is -2.52. The Morgan fingerprint density at radius 1 is 1.26 bits per heavy atom. The second-order valence-corrected chi connectivity index (χ2v) is 6.66. The zero-order valence-corrected chi connectivity index (χ0v) is 15.2. The molecule has 0 aliphatic heterocycles. The van der Waals surface area contributed by atoms with Gasteiger partial charge in [-0.1, -0.05) is 18.7 Å². The van der Waals surface area contributed by atoms with Gasteiger partial charge >= 0.3 is 18.1 Å². The molecule has 2 aromatic rings. The second kappa shape index (κ2) is 7.65. The van der Waals surface area contributed by atoms with Gasteiger partial charge in [0, 0.05) is 5.57 Å². The van der Waals surface area contributed by atoms with Crippen molar-refractivity contribution in [2.24, 2.45) is 5.92 Å². The molecule has 0 saturated heterocycles. The van der Waals surface area contributed by atoms with Crippen LogP contribution in [0.4, 0.5) is 13.2 Å². The predicted molar refractivity (Wildman–Crippen MR) is 90.9 cm³/mol. The van der Waals surface area contributed by atoms with E-state index in [1.807, 2.05) is 0 Å². The Kier molecular flexibility index (Phi) is 5.91. The number of rotatable bonds is 6. The van der Waals surface area contributed by atoms with Crippen molar-refractivity contribution in [3.63, 3.8) is 0 Å². The van der Waals surface area contributed by atoms with Crippen molar-refractivity contribution in [3.8, 4) is 0 Å². The summed E-state index contributed by atoms with van der Waals surface area (Å²) >= 11 is 0.594. The lowest BCUT2D eigenvalue weighted by atomic mass is 9.82. The van der Waals surface area contributed by atoms with Gasteiger partial charge in [0.2, 0.25) is 5.60 Å². The standard InChI is InChI=1S/C17H16F3NO5S/c1-9(13(22)25-2)8-10(14(23)26-3)16(24,17(18,19)20)15-21-11-6-4-5-7-12(11)27-15/h4-7,10,24H,1,8H2,2-3H3. The Bertz CT molecular complexity index is 846. The molecule has 146 valence electrons. The number of benzene rings is 1. The summed E-state index contributed by atoms with van der Waals surface area (Å²) in [4.78, 5) is 27.6. The molecular formula is C17H16F3NO5S. The Balaban J connectivity index is 2.63.